The Kier molecular flexibility index (Phi) is 9.73. The number of benzene rings is 1. The van der Waals surface area contributed by atoms with Gasteiger partial charge in [-0.25, -0.2) is 0 Å². The van der Waals surface area contributed by atoms with Crippen LogP contribution in [0.3, 0.4) is 0 Å². The minimum absolute atomic E-state index is 0.0529. The molecule has 58 heavy (non-hydrogen) atoms. The number of epoxide rings is 1. The number of Topliss-reactive ketones (excluding diaryl/α,β-unsaturated/α-hetero) is 2. The number of quaternary nitrogens is 1. The fraction of sp³-hybridized carbons (Fsp3) is 0.700. The Bertz CT molecular complexity index is 2020. The van der Waals surface area contributed by atoms with Crippen LogP contribution in [0, 0.1) is 52.3 Å². The predicted molar refractivity (Wildman–Crippen MR) is 225 cm³/mol. The summed E-state index contributed by atoms with van der Waals surface area (Å²) in [5.74, 6) is 0.680. The monoisotopic (exact) mass is 794 g/mol. The number of aliphatic hydroxyl groups is 2. The molecule has 12 atom stereocenters. The first-order valence-corrected chi connectivity index (χ1v) is 22.6. The van der Waals surface area contributed by atoms with E-state index in [-0.39, 0.29) is 58.0 Å². The molecule has 1 aromatic carbocycles. The van der Waals surface area contributed by atoms with E-state index in [1.807, 2.05) is 20.0 Å². The highest BCUT2D eigenvalue weighted by Gasteiger charge is 2.72. The van der Waals surface area contributed by atoms with Gasteiger partial charge >= 0.3 is 0 Å². The molecular weight excluding hydrogens is 725 g/mol. The fourth-order valence-electron chi connectivity index (χ4n) is 14.8. The van der Waals surface area contributed by atoms with E-state index in [9.17, 15) is 19.8 Å². The van der Waals surface area contributed by atoms with Gasteiger partial charge in [0.25, 0.3) is 0 Å². The minimum atomic E-state index is -0.692. The molecule has 3 saturated carbocycles. The topological polar surface area (TPSA) is 113 Å². The van der Waals surface area contributed by atoms with Gasteiger partial charge in [-0.1, -0.05) is 65.3 Å². The molecule has 4 aliphatic heterocycles. The molecule has 1 aromatic rings. The number of hydrogen-bond acceptors (Lipinski definition) is 7. The molecule has 0 radical (unpaired) electrons. The van der Waals surface area contributed by atoms with Crippen molar-refractivity contribution in [2.45, 2.75) is 156 Å². The van der Waals surface area contributed by atoms with E-state index >= 15 is 0 Å². The maximum atomic E-state index is 14.8. The summed E-state index contributed by atoms with van der Waals surface area (Å²) >= 11 is 0. The fourth-order valence-corrected chi connectivity index (χ4v) is 14.8. The van der Waals surface area contributed by atoms with E-state index in [1.54, 1.807) is 0 Å². The summed E-state index contributed by atoms with van der Waals surface area (Å²) in [5, 5.41) is 24.8. The molecular formula is C50H69N2O6+. The van der Waals surface area contributed by atoms with Gasteiger partial charge in [-0.05, 0) is 122 Å². The quantitative estimate of drug-likeness (QED) is 0.237. The number of carbonyl (C=O) groups excluding carboxylic acids is 2. The standard InChI is InChI=1S/C50H68N2O6/c1-28-20-30(23-32(21-28)31-13-18-57-19-14-31)24-33-26-52(35-12-17-51-42(33)35)27-34-41-40(29(2)22-36(53)45-47(5,6)58-45)37(54)25-50(41,9)49(8)16-10-38-46(3,4)39(55)11-15-48(38,7)44(49)43(34)56/h12,17,20-21,23,26,29,31,34-36,38,43-45,53,56H,10-11,13-16,18-19,22,24-25,27H2,1-9H3/p+1. The first kappa shape index (κ1) is 40.6. The molecule has 0 aromatic heterocycles. The molecule has 0 bridgehead atoms. The van der Waals surface area contributed by atoms with Crippen LogP contribution in [0.1, 0.15) is 129 Å². The average Bonchev–Trinajstić information content (AvgIpc) is 3.44. The SMILES string of the molecule is Cc1cc(CC2=C[NH+](CC3C4=C(C(C)CC(O)C5OC5(C)C)C(=O)CC4(C)C4(C)CCC5C(C)(C)C(=O)CCC5(C)C4C3O)C3C=CN=C23)cc(C2CCOCC2)c1. The zero-order valence-corrected chi connectivity index (χ0v) is 36.6. The Morgan fingerprint density at radius 3 is 2.43 bits per heavy atom. The highest BCUT2D eigenvalue weighted by Crippen LogP contribution is 2.74. The molecule has 3 N–H and O–H groups in total. The number of nitrogens with one attached hydrogen (secondary N) is 1. The number of aliphatic imine (C=N–C) groups is 1. The summed E-state index contributed by atoms with van der Waals surface area (Å²) in [6.07, 6.45) is 11.8. The van der Waals surface area contributed by atoms with E-state index in [0.717, 1.165) is 68.6 Å². The number of aliphatic hydroxyl groups excluding tert-OH is 2. The third-order valence-electron chi connectivity index (χ3n) is 17.8. The largest absolute Gasteiger partial charge is 0.392 e. The molecule has 0 amide bonds. The molecule has 0 spiro atoms. The van der Waals surface area contributed by atoms with Crippen molar-refractivity contribution in [2.24, 2.45) is 50.3 Å². The van der Waals surface area contributed by atoms with Gasteiger partial charge in [0.2, 0.25) is 0 Å². The summed E-state index contributed by atoms with van der Waals surface area (Å²) in [6.45, 7) is 22.0. The Labute approximate surface area is 346 Å². The summed E-state index contributed by atoms with van der Waals surface area (Å²) < 4.78 is 11.6. The minimum Gasteiger partial charge on any atom is -0.392 e. The van der Waals surface area contributed by atoms with Crippen molar-refractivity contribution in [1.29, 1.82) is 0 Å². The van der Waals surface area contributed by atoms with Gasteiger partial charge in [0.1, 0.15) is 23.8 Å². The van der Waals surface area contributed by atoms with E-state index < -0.39 is 23.0 Å². The first-order valence-electron chi connectivity index (χ1n) is 22.6. The number of carbonyl (C=O) groups is 2. The third kappa shape index (κ3) is 6.11. The second-order valence-corrected chi connectivity index (χ2v) is 21.9. The molecule has 4 aliphatic carbocycles. The summed E-state index contributed by atoms with van der Waals surface area (Å²) in [4.78, 5) is 34.5. The normalized spacial score (nSPS) is 41.1. The molecule has 5 fully saturated rings. The van der Waals surface area contributed by atoms with Crippen LogP contribution in [-0.2, 0) is 25.5 Å². The van der Waals surface area contributed by atoms with E-state index in [2.05, 4.69) is 78.9 Å². The molecule has 12 unspecified atom stereocenters. The van der Waals surface area contributed by atoms with Crippen molar-refractivity contribution in [3.05, 3.63) is 70.1 Å². The lowest BCUT2D eigenvalue weighted by Crippen LogP contribution is -3.11. The van der Waals surface area contributed by atoms with Gasteiger partial charge in [-0.3, -0.25) is 19.5 Å². The number of fused-ring (bicyclic) bond motifs is 6. The van der Waals surface area contributed by atoms with Crippen molar-refractivity contribution in [2.75, 3.05) is 19.8 Å². The number of ketones is 2. The Balaban J connectivity index is 1.11. The van der Waals surface area contributed by atoms with Gasteiger partial charge < -0.3 is 19.7 Å². The van der Waals surface area contributed by atoms with Crippen LogP contribution in [0.4, 0.5) is 0 Å². The lowest BCUT2D eigenvalue weighted by Gasteiger charge is -2.69. The zero-order valence-electron chi connectivity index (χ0n) is 36.6. The van der Waals surface area contributed by atoms with Crippen molar-refractivity contribution >= 4 is 17.3 Å². The number of allylic oxidation sites excluding steroid dienone is 1. The van der Waals surface area contributed by atoms with E-state index in [0.29, 0.717) is 37.5 Å². The maximum absolute atomic E-state index is 14.8. The second kappa shape index (κ2) is 13.9. The molecule has 8 heteroatoms. The van der Waals surface area contributed by atoms with Crippen LogP contribution < -0.4 is 4.90 Å². The van der Waals surface area contributed by atoms with Crippen molar-refractivity contribution in [1.82, 2.24) is 0 Å². The maximum Gasteiger partial charge on any atom is 0.160 e. The van der Waals surface area contributed by atoms with Crippen molar-refractivity contribution < 1.29 is 34.2 Å². The highest BCUT2D eigenvalue weighted by atomic mass is 16.6. The second-order valence-electron chi connectivity index (χ2n) is 21.9. The highest BCUT2D eigenvalue weighted by molar-refractivity contribution is 6.07. The van der Waals surface area contributed by atoms with Crippen molar-refractivity contribution in [3.63, 3.8) is 0 Å². The van der Waals surface area contributed by atoms with Gasteiger partial charge in [-0.15, -0.1) is 0 Å². The van der Waals surface area contributed by atoms with Crippen LogP contribution in [0.2, 0.25) is 0 Å². The number of ether oxygens (including phenoxy) is 2. The molecule has 4 heterocycles. The lowest BCUT2D eigenvalue weighted by molar-refractivity contribution is -0.856. The average molecular weight is 794 g/mol. The number of nitrogens with zero attached hydrogens (tertiary/aromatic N) is 1. The summed E-state index contributed by atoms with van der Waals surface area (Å²) in [7, 11) is 0. The van der Waals surface area contributed by atoms with E-state index in [4.69, 9.17) is 14.5 Å². The van der Waals surface area contributed by atoms with E-state index in [1.165, 1.54) is 27.2 Å². The van der Waals surface area contributed by atoms with Gasteiger partial charge in [-0.2, -0.15) is 0 Å². The van der Waals surface area contributed by atoms with Crippen LogP contribution >= 0.6 is 0 Å². The molecule has 314 valence electrons. The van der Waals surface area contributed by atoms with Crippen molar-refractivity contribution in [3.8, 4) is 0 Å². The molecule has 8 nitrogen and oxygen atoms in total. The first-order chi connectivity index (χ1) is 27.3. The van der Waals surface area contributed by atoms with Crippen LogP contribution in [0.15, 0.2) is 58.4 Å². The van der Waals surface area contributed by atoms with Crippen LogP contribution in [0.25, 0.3) is 0 Å². The van der Waals surface area contributed by atoms with Crippen LogP contribution in [0.5, 0.6) is 0 Å². The molecule has 2 saturated heterocycles. The number of aryl methyl sites for hydroxylation is 1. The number of hydrogen-bond donors (Lipinski definition) is 3. The summed E-state index contributed by atoms with van der Waals surface area (Å²) in [6, 6.07) is 7.12. The van der Waals surface area contributed by atoms with Gasteiger partial charge in [0.15, 0.2) is 11.8 Å². The Morgan fingerprint density at radius 1 is 1.00 bits per heavy atom. The predicted octanol–water partition coefficient (Wildman–Crippen LogP) is 6.81. The zero-order chi connectivity index (χ0) is 41.3. The smallest absolute Gasteiger partial charge is 0.160 e. The Morgan fingerprint density at radius 2 is 1.72 bits per heavy atom. The third-order valence-corrected chi connectivity index (χ3v) is 17.8. The Hall–Kier alpha value is -2.75. The van der Waals surface area contributed by atoms with Gasteiger partial charge in [0.05, 0.1) is 30.3 Å². The summed E-state index contributed by atoms with van der Waals surface area (Å²) in [5.41, 5.74) is 6.45. The van der Waals surface area contributed by atoms with Gasteiger partial charge in [0, 0.05) is 55.1 Å². The van der Waals surface area contributed by atoms with Crippen LogP contribution in [-0.4, -0.2) is 77.2 Å². The molecule has 9 rings (SSSR count). The lowest BCUT2D eigenvalue weighted by atomic mass is 9.34. The molecule has 8 aliphatic rings. The number of rotatable bonds is 9.